The van der Waals surface area contributed by atoms with Crippen molar-refractivity contribution in [2.24, 2.45) is 5.92 Å². The Hall–Kier alpha value is -0.220. The molecule has 0 N–H and O–H groups in total. The number of halogens is 2. The van der Waals surface area contributed by atoms with Crippen molar-refractivity contribution >= 4 is 31.9 Å². The second-order valence-corrected chi connectivity index (χ2v) is 6.54. The summed E-state index contributed by atoms with van der Waals surface area (Å²) in [6.45, 7) is 4.47. The molecule has 4 heteroatoms. The Bertz CT molecular complexity index is 392. The van der Waals surface area contributed by atoms with Gasteiger partial charge in [0.05, 0.1) is 14.2 Å². The molecule has 0 aromatic heterocycles. The topological polar surface area (TPSA) is 18.5 Å². The van der Waals surface area contributed by atoms with Crippen molar-refractivity contribution in [2.75, 3.05) is 14.2 Å². The number of benzene rings is 1. The van der Waals surface area contributed by atoms with E-state index >= 15 is 0 Å². The van der Waals surface area contributed by atoms with Crippen molar-refractivity contribution in [2.45, 2.75) is 31.5 Å². The van der Waals surface area contributed by atoms with E-state index in [9.17, 15) is 0 Å². The largest absolute Gasteiger partial charge is 0.495 e. The van der Waals surface area contributed by atoms with Gasteiger partial charge in [0.2, 0.25) is 0 Å². The van der Waals surface area contributed by atoms with E-state index in [0.29, 0.717) is 10.7 Å². The summed E-state index contributed by atoms with van der Waals surface area (Å²) in [6.07, 6.45) is 2.27. The summed E-state index contributed by atoms with van der Waals surface area (Å²) in [4.78, 5) is 0.303. The summed E-state index contributed by atoms with van der Waals surface area (Å²) in [5.74, 6) is 2.34. The number of rotatable bonds is 6. The first-order valence-corrected chi connectivity index (χ1v) is 7.76. The molecule has 1 aromatic rings. The molecule has 0 aliphatic carbocycles. The zero-order valence-electron chi connectivity index (χ0n) is 11.3. The van der Waals surface area contributed by atoms with Gasteiger partial charge in [-0.25, -0.2) is 0 Å². The molecule has 0 amide bonds. The fourth-order valence-corrected chi connectivity index (χ4v) is 3.11. The molecule has 2 nitrogen and oxygen atoms in total. The van der Waals surface area contributed by atoms with Gasteiger partial charge in [0.15, 0.2) is 0 Å². The fraction of sp³-hybridized carbons (Fsp3) is 0.571. The van der Waals surface area contributed by atoms with Crippen LogP contribution in [0.25, 0.3) is 0 Å². The van der Waals surface area contributed by atoms with Gasteiger partial charge in [-0.1, -0.05) is 35.8 Å². The van der Waals surface area contributed by atoms with Crippen LogP contribution in [0.1, 0.15) is 37.1 Å². The maximum absolute atomic E-state index is 5.49. The number of ether oxygens (including phenoxy) is 2. The summed E-state index contributed by atoms with van der Waals surface area (Å²) < 4.78 is 11.6. The van der Waals surface area contributed by atoms with Gasteiger partial charge in [-0.2, -0.15) is 0 Å². The minimum Gasteiger partial charge on any atom is -0.495 e. The van der Waals surface area contributed by atoms with Crippen molar-refractivity contribution in [3.8, 4) is 11.5 Å². The minimum absolute atomic E-state index is 0.303. The van der Waals surface area contributed by atoms with E-state index in [-0.39, 0.29) is 0 Å². The predicted molar refractivity (Wildman–Crippen MR) is 83.0 cm³/mol. The van der Waals surface area contributed by atoms with Gasteiger partial charge in [0, 0.05) is 10.4 Å². The molecule has 1 rings (SSSR count). The first-order valence-electron chi connectivity index (χ1n) is 6.05. The Morgan fingerprint density at radius 3 is 2.28 bits per heavy atom. The van der Waals surface area contributed by atoms with Gasteiger partial charge >= 0.3 is 0 Å². The number of alkyl halides is 1. The zero-order valence-corrected chi connectivity index (χ0v) is 14.5. The lowest BCUT2D eigenvalue weighted by Crippen LogP contribution is -1.99. The third-order valence-electron chi connectivity index (χ3n) is 2.85. The van der Waals surface area contributed by atoms with Crippen LogP contribution in [-0.2, 0) is 0 Å². The second-order valence-electron chi connectivity index (χ2n) is 4.64. The summed E-state index contributed by atoms with van der Waals surface area (Å²) in [7, 11) is 3.34. The lowest BCUT2D eigenvalue weighted by atomic mass is 10.0. The molecule has 1 aromatic carbocycles. The van der Waals surface area contributed by atoms with E-state index in [2.05, 4.69) is 51.8 Å². The molecule has 0 saturated heterocycles. The van der Waals surface area contributed by atoms with Gasteiger partial charge in [0.25, 0.3) is 0 Å². The molecule has 0 heterocycles. The van der Waals surface area contributed by atoms with Crippen LogP contribution in [0.2, 0.25) is 0 Å². The van der Waals surface area contributed by atoms with Crippen LogP contribution < -0.4 is 9.47 Å². The number of hydrogen-bond acceptors (Lipinski definition) is 2. The molecule has 0 radical (unpaired) electrons. The van der Waals surface area contributed by atoms with Gasteiger partial charge in [-0.3, -0.25) is 0 Å². The van der Waals surface area contributed by atoms with Crippen molar-refractivity contribution in [1.82, 2.24) is 0 Å². The molecule has 1 atom stereocenters. The molecule has 0 aliphatic heterocycles. The van der Waals surface area contributed by atoms with Crippen LogP contribution in [0.4, 0.5) is 0 Å². The van der Waals surface area contributed by atoms with E-state index in [0.717, 1.165) is 28.0 Å². The van der Waals surface area contributed by atoms with E-state index in [1.54, 1.807) is 14.2 Å². The molecular weight excluding hydrogens is 360 g/mol. The first kappa shape index (κ1) is 15.8. The highest BCUT2D eigenvalue weighted by atomic mass is 79.9. The van der Waals surface area contributed by atoms with Crippen LogP contribution in [0, 0.1) is 5.92 Å². The zero-order chi connectivity index (χ0) is 13.7. The average molecular weight is 380 g/mol. The maximum atomic E-state index is 5.49. The fourth-order valence-electron chi connectivity index (χ4n) is 1.80. The lowest BCUT2D eigenvalue weighted by molar-refractivity contribution is 0.385. The quantitative estimate of drug-likeness (QED) is 0.621. The Kier molecular flexibility index (Phi) is 6.50. The first-order chi connectivity index (χ1) is 8.51. The lowest BCUT2D eigenvalue weighted by Gasteiger charge is -2.18. The van der Waals surface area contributed by atoms with E-state index in [1.807, 2.05) is 6.07 Å². The standard InChI is InChI=1S/C14H20Br2O2/c1-9(2)5-7-11(15)10-6-8-12(17-3)13(16)14(10)18-4/h6,8-9,11H,5,7H2,1-4H3. The minimum atomic E-state index is 0.303. The van der Waals surface area contributed by atoms with E-state index < -0.39 is 0 Å². The molecule has 18 heavy (non-hydrogen) atoms. The molecule has 0 bridgehead atoms. The van der Waals surface area contributed by atoms with Crippen LogP contribution in [0.3, 0.4) is 0 Å². The third kappa shape index (κ3) is 3.89. The summed E-state index contributed by atoms with van der Waals surface area (Å²) >= 11 is 7.28. The van der Waals surface area contributed by atoms with Crippen LogP contribution >= 0.6 is 31.9 Å². The molecule has 1 unspecified atom stereocenters. The van der Waals surface area contributed by atoms with Gasteiger partial charge < -0.3 is 9.47 Å². The van der Waals surface area contributed by atoms with Crippen molar-refractivity contribution in [1.29, 1.82) is 0 Å². The monoisotopic (exact) mass is 378 g/mol. The molecule has 0 saturated carbocycles. The van der Waals surface area contributed by atoms with Gasteiger partial charge in [-0.05, 0) is 40.8 Å². The predicted octanol–water partition coefficient (Wildman–Crippen LogP) is 5.34. The molecule has 0 spiro atoms. The van der Waals surface area contributed by atoms with Gasteiger partial charge in [-0.15, -0.1) is 0 Å². The number of methoxy groups -OCH3 is 2. The van der Waals surface area contributed by atoms with E-state index in [1.165, 1.54) is 6.42 Å². The van der Waals surface area contributed by atoms with Crippen LogP contribution in [-0.4, -0.2) is 14.2 Å². The van der Waals surface area contributed by atoms with Crippen LogP contribution in [0.15, 0.2) is 16.6 Å². The Labute approximate surface area is 126 Å². The van der Waals surface area contributed by atoms with E-state index in [4.69, 9.17) is 9.47 Å². The molecule has 0 aliphatic rings. The normalized spacial score (nSPS) is 12.6. The maximum Gasteiger partial charge on any atom is 0.141 e. The highest BCUT2D eigenvalue weighted by molar-refractivity contribution is 9.10. The number of hydrogen-bond donors (Lipinski definition) is 0. The smallest absolute Gasteiger partial charge is 0.141 e. The molecule has 0 fully saturated rings. The Balaban J connectivity index is 2.97. The van der Waals surface area contributed by atoms with Crippen molar-refractivity contribution in [3.05, 3.63) is 22.2 Å². The SMILES string of the molecule is COc1ccc(C(Br)CCC(C)C)c(OC)c1Br. The van der Waals surface area contributed by atoms with Crippen molar-refractivity contribution < 1.29 is 9.47 Å². The third-order valence-corrected chi connectivity index (χ3v) is 4.55. The highest BCUT2D eigenvalue weighted by Gasteiger charge is 2.18. The van der Waals surface area contributed by atoms with Gasteiger partial charge in [0.1, 0.15) is 16.0 Å². The molecule has 102 valence electrons. The summed E-state index contributed by atoms with van der Waals surface area (Å²) in [5, 5.41) is 0. The second kappa shape index (κ2) is 7.39. The summed E-state index contributed by atoms with van der Waals surface area (Å²) in [6, 6.07) is 4.02. The average Bonchev–Trinajstić information content (AvgIpc) is 2.35. The van der Waals surface area contributed by atoms with Crippen molar-refractivity contribution in [3.63, 3.8) is 0 Å². The molecular formula is C14H20Br2O2. The van der Waals surface area contributed by atoms with Crippen LogP contribution in [0.5, 0.6) is 11.5 Å². The Morgan fingerprint density at radius 2 is 1.78 bits per heavy atom. The Morgan fingerprint density at radius 1 is 1.11 bits per heavy atom. The highest BCUT2D eigenvalue weighted by Crippen LogP contribution is 2.43. The summed E-state index contributed by atoms with van der Waals surface area (Å²) in [5.41, 5.74) is 1.16.